The predicted octanol–water partition coefficient (Wildman–Crippen LogP) is 4.13. The van der Waals surface area contributed by atoms with E-state index in [0.29, 0.717) is 18.7 Å². The molecule has 27 heavy (non-hydrogen) atoms. The fourth-order valence-electron chi connectivity index (χ4n) is 2.42. The number of hydrogen-bond donors (Lipinski definition) is 1. The molecule has 0 spiro atoms. The normalized spacial score (nSPS) is 10.6. The van der Waals surface area contributed by atoms with E-state index in [2.05, 4.69) is 10.3 Å². The summed E-state index contributed by atoms with van der Waals surface area (Å²) in [5.41, 5.74) is 1.77. The number of nitrogens with one attached hydrogen (secondary N) is 1. The molecule has 1 N–H and O–H groups in total. The van der Waals surface area contributed by atoms with Crippen molar-refractivity contribution in [1.82, 2.24) is 10.3 Å². The van der Waals surface area contributed by atoms with Crippen molar-refractivity contribution in [1.29, 1.82) is 0 Å². The van der Waals surface area contributed by atoms with Crippen molar-refractivity contribution in [3.8, 4) is 16.3 Å². The van der Waals surface area contributed by atoms with Crippen molar-refractivity contribution in [2.75, 3.05) is 13.2 Å². The Balaban J connectivity index is 1.48. The Hall–Kier alpha value is -2.80. The first-order valence-corrected chi connectivity index (χ1v) is 9.20. The largest absolute Gasteiger partial charge is 0.484 e. The zero-order valence-corrected chi connectivity index (χ0v) is 15.5. The summed E-state index contributed by atoms with van der Waals surface area (Å²) in [6.45, 7) is 2.24. The van der Waals surface area contributed by atoms with Crippen LogP contribution in [0.25, 0.3) is 10.6 Å². The molecule has 0 aliphatic carbocycles. The van der Waals surface area contributed by atoms with Crippen LogP contribution in [0.4, 0.5) is 8.78 Å². The molecule has 4 nitrogen and oxygen atoms in total. The van der Waals surface area contributed by atoms with Crippen molar-refractivity contribution < 1.29 is 18.3 Å². The first-order valence-electron chi connectivity index (χ1n) is 8.38. The van der Waals surface area contributed by atoms with E-state index in [1.165, 1.54) is 47.7 Å². The highest BCUT2D eigenvalue weighted by atomic mass is 32.1. The SMILES string of the molecule is Cc1nc(-c2ccc(F)cc2)sc1CCNC(=O)COc1ccc(F)cc1. The smallest absolute Gasteiger partial charge is 0.257 e. The van der Waals surface area contributed by atoms with E-state index in [9.17, 15) is 13.6 Å². The average molecular weight is 388 g/mol. The van der Waals surface area contributed by atoms with Crippen molar-refractivity contribution in [3.63, 3.8) is 0 Å². The number of carbonyl (C=O) groups excluding carboxylic acids is 1. The molecule has 0 unspecified atom stereocenters. The summed E-state index contributed by atoms with van der Waals surface area (Å²) < 4.78 is 31.2. The third-order valence-electron chi connectivity index (χ3n) is 3.84. The Morgan fingerprint density at radius 1 is 1.07 bits per heavy atom. The van der Waals surface area contributed by atoms with Gasteiger partial charge in [-0.15, -0.1) is 11.3 Å². The Labute approximate surface area is 159 Å². The topological polar surface area (TPSA) is 51.2 Å². The number of aromatic nitrogens is 1. The van der Waals surface area contributed by atoms with Crippen LogP contribution in [0.1, 0.15) is 10.6 Å². The zero-order valence-electron chi connectivity index (χ0n) is 14.7. The molecule has 3 rings (SSSR count). The second kappa shape index (κ2) is 8.73. The van der Waals surface area contributed by atoms with Gasteiger partial charge in [-0.1, -0.05) is 0 Å². The van der Waals surface area contributed by atoms with Gasteiger partial charge >= 0.3 is 0 Å². The summed E-state index contributed by atoms with van der Waals surface area (Å²) in [7, 11) is 0. The van der Waals surface area contributed by atoms with Gasteiger partial charge in [-0.05, 0) is 55.5 Å². The van der Waals surface area contributed by atoms with Crippen molar-refractivity contribution in [2.45, 2.75) is 13.3 Å². The standard InChI is InChI=1S/C20H18F2N2O2S/c1-13-18(27-20(24-13)14-2-4-15(21)5-3-14)10-11-23-19(25)12-26-17-8-6-16(22)7-9-17/h2-9H,10-12H2,1H3,(H,23,25). The third kappa shape index (κ3) is 5.34. The number of aryl methyl sites for hydroxylation is 1. The van der Waals surface area contributed by atoms with Crippen LogP contribution in [-0.2, 0) is 11.2 Å². The van der Waals surface area contributed by atoms with Gasteiger partial charge in [0.25, 0.3) is 5.91 Å². The van der Waals surface area contributed by atoms with Gasteiger partial charge in [0.2, 0.25) is 0 Å². The molecule has 7 heteroatoms. The Kier molecular flexibility index (Phi) is 6.13. The molecule has 0 atom stereocenters. The van der Waals surface area contributed by atoms with Crippen LogP contribution in [-0.4, -0.2) is 24.0 Å². The number of hydrogen-bond acceptors (Lipinski definition) is 4. The summed E-state index contributed by atoms with van der Waals surface area (Å²) >= 11 is 1.53. The summed E-state index contributed by atoms with van der Waals surface area (Å²) in [6.07, 6.45) is 0.646. The maximum atomic E-state index is 13.0. The first-order chi connectivity index (χ1) is 13.0. The van der Waals surface area contributed by atoms with Crippen LogP contribution in [0.3, 0.4) is 0 Å². The molecule has 0 fully saturated rings. The molecule has 2 aromatic carbocycles. The van der Waals surface area contributed by atoms with Crippen LogP contribution < -0.4 is 10.1 Å². The summed E-state index contributed by atoms with van der Waals surface area (Å²) in [6, 6.07) is 11.7. The van der Waals surface area contributed by atoms with E-state index < -0.39 is 0 Å². The first kappa shape index (κ1) is 19.0. The van der Waals surface area contributed by atoms with Crippen LogP contribution in [0.2, 0.25) is 0 Å². The minimum absolute atomic E-state index is 0.131. The van der Waals surface area contributed by atoms with Gasteiger partial charge in [0, 0.05) is 23.4 Å². The van der Waals surface area contributed by atoms with Crippen molar-refractivity contribution >= 4 is 17.2 Å². The summed E-state index contributed by atoms with van der Waals surface area (Å²) in [4.78, 5) is 17.4. The maximum absolute atomic E-state index is 13.0. The lowest BCUT2D eigenvalue weighted by Gasteiger charge is -2.07. The second-order valence-corrected chi connectivity index (χ2v) is 6.96. The van der Waals surface area contributed by atoms with Gasteiger partial charge in [-0.2, -0.15) is 0 Å². The fourth-order valence-corrected chi connectivity index (χ4v) is 3.49. The monoisotopic (exact) mass is 388 g/mol. The molecular formula is C20H18F2N2O2S. The van der Waals surface area contributed by atoms with E-state index >= 15 is 0 Å². The Morgan fingerprint density at radius 2 is 1.70 bits per heavy atom. The number of amides is 1. The molecular weight excluding hydrogens is 370 g/mol. The third-order valence-corrected chi connectivity index (χ3v) is 5.11. The summed E-state index contributed by atoms with van der Waals surface area (Å²) in [5.74, 6) is -0.446. The molecule has 0 bridgehead atoms. The van der Waals surface area contributed by atoms with Gasteiger partial charge in [0.15, 0.2) is 6.61 Å². The van der Waals surface area contributed by atoms with Gasteiger partial charge in [0.1, 0.15) is 22.4 Å². The van der Waals surface area contributed by atoms with Crippen LogP contribution in [0.5, 0.6) is 5.75 Å². The molecule has 1 aromatic heterocycles. The molecule has 0 saturated carbocycles. The van der Waals surface area contributed by atoms with Gasteiger partial charge < -0.3 is 10.1 Å². The number of carbonyl (C=O) groups is 1. The molecule has 0 saturated heterocycles. The minimum Gasteiger partial charge on any atom is -0.484 e. The van der Waals surface area contributed by atoms with Crippen LogP contribution >= 0.6 is 11.3 Å². The highest BCUT2D eigenvalue weighted by Crippen LogP contribution is 2.28. The van der Waals surface area contributed by atoms with E-state index in [0.717, 1.165) is 21.1 Å². The highest BCUT2D eigenvalue weighted by Gasteiger charge is 2.10. The van der Waals surface area contributed by atoms with E-state index in [1.807, 2.05) is 6.92 Å². The molecule has 0 radical (unpaired) electrons. The molecule has 140 valence electrons. The number of benzene rings is 2. The molecule has 0 aliphatic rings. The quantitative estimate of drug-likeness (QED) is 0.662. The van der Waals surface area contributed by atoms with E-state index in [-0.39, 0.29) is 24.1 Å². The van der Waals surface area contributed by atoms with Gasteiger partial charge in [0.05, 0.1) is 5.69 Å². The lowest BCUT2D eigenvalue weighted by molar-refractivity contribution is -0.123. The lowest BCUT2D eigenvalue weighted by atomic mass is 10.2. The fraction of sp³-hybridized carbons (Fsp3) is 0.200. The zero-order chi connectivity index (χ0) is 19.2. The second-order valence-electron chi connectivity index (χ2n) is 5.88. The average Bonchev–Trinajstić information content (AvgIpc) is 3.02. The van der Waals surface area contributed by atoms with Gasteiger partial charge in [-0.25, -0.2) is 13.8 Å². The molecule has 0 aliphatic heterocycles. The number of halogens is 2. The molecule has 1 amide bonds. The van der Waals surface area contributed by atoms with Crippen LogP contribution in [0, 0.1) is 18.6 Å². The predicted molar refractivity (Wildman–Crippen MR) is 101 cm³/mol. The lowest BCUT2D eigenvalue weighted by Crippen LogP contribution is -2.30. The maximum Gasteiger partial charge on any atom is 0.257 e. The number of rotatable bonds is 7. The number of thiazole rings is 1. The molecule has 1 heterocycles. The van der Waals surface area contributed by atoms with Crippen molar-refractivity contribution in [3.05, 3.63) is 70.7 Å². The van der Waals surface area contributed by atoms with E-state index in [4.69, 9.17) is 4.74 Å². The van der Waals surface area contributed by atoms with Crippen molar-refractivity contribution in [2.24, 2.45) is 0 Å². The molecule has 3 aromatic rings. The van der Waals surface area contributed by atoms with E-state index in [1.54, 1.807) is 12.1 Å². The van der Waals surface area contributed by atoms with Crippen LogP contribution in [0.15, 0.2) is 48.5 Å². The summed E-state index contributed by atoms with van der Waals surface area (Å²) in [5, 5.41) is 3.62. The Bertz CT molecular complexity index is 909. The highest BCUT2D eigenvalue weighted by molar-refractivity contribution is 7.15. The number of ether oxygens (including phenoxy) is 1. The Morgan fingerprint density at radius 3 is 2.37 bits per heavy atom. The van der Waals surface area contributed by atoms with Gasteiger partial charge in [-0.3, -0.25) is 4.79 Å². The minimum atomic E-state index is -0.355. The number of nitrogens with zero attached hydrogens (tertiary/aromatic N) is 1.